The zero-order chi connectivity index (χ0) is 21.3. The summed E-state index contributed by atoms with van der Waals surface area (Å²) in [5.74, 6) is -1.10. The molecule has 154 valence electrons. The number of hydrogen-bond acceptors (Lipinski definition) is 7. The minimum Gasteiger partial charge on any atom is -0.467 e. The average Bonchev–Trinajstić information content (AvgIpc) is 3.44. The second-order valence-electron chi connectivity index (χ2n) is 6.85. The molecule has 2 aliphatic heterocycles. The molecule has 0 aliphatic carbocycles. The number of esters is 1. The number of ether oxygens (including phenoxy) is 1. The zero-order valence-corrected chi connectivity index (χ0v) is 16.9. The van der Waals surface area contributed by atoms with Crippen molar-refractivity contribution >= 4 is 57.9 Å². The lowest BCUT2D eigenvalue weighted by Gasteiger charge is -2.20. The number of methoxy groups -OCH3 is 1. The molecule has 30 heavy (non-hydrogen) atoms. The first kappa shape index (κ1) is 20.0. The summed E-state index contributed by atoms with van der Waals surface area (Å²) < 4.78 is 10.3. The van der Waals surface area contributed by atoms with Crippen LogP contribution in [0.4, 0.5) is 4.79 Å². The van der Waals surface area contributed by atoms with Crippen molar-refractivity contribution in [1.82, 2.24) is 10.2 Å². The average molecular weight is 426 g/mol. The van der Waals surface area contributed by atoms with Crippen molar-refractivity contribution in [3.8, 4) is 0 Å². The molecular formula is C21H18N2O6S. The molecule has 8 nitrogen and oxygen atoms in total. The van der Waals surface area contributed by atoms with Gasteiger partial charge in [0.2, 0.25) is 5.91 Å². The third kappa shape index (κ3) is 3.88. The van der Waals surface area contributed by atoms with Gasteiger partial charge in [-0.2, -0.15) is 0 Å². The number of furan rings is 1. The van der Waals surface area contributed by atoms with E-state index < -0.39 is 23.2 Å². The lowest BCUT2D eigenvalue weighted by atomic mass is 10.1. The number of benzene rings is 1. The third-order valence-electron chi connectivity index (χ3n) is 4.98. The van der Waals surface area contributed by atoms with Gasteiger partial charge in [0.05, 0.1) is 18.3 Å². The van der Waals surface area contributed by atoms with Crippen molar-refractivity contribution in [2.75, 3.05) is 13.7 Å². The second-order valence-corrected chi connectivity index (χ2v) is 7.86. The molecule has 3 heterocycles. The van der Waals surface area contributed by atoms with Crippen LogP contribution in [-0.4, -0.2) is 47.6 Å². The minimum atomic E-state index is -0.552. The number of rotatable bonds is 4. The summed E-state index contributed by atoms with van der Waals surface area (Å²) in [7, 11) is 1.31. The van der Waals surface area contributed by atoms with E-state index in [4.69, 9.17) is 9.15 Å². The molecule has 0 bridgehead atoms. The van der Waals surface area contributed by atoms with Crippen LogP contribution in [0.5, 0.6) is 0 Å². The minimum absolute atomic E-state index is 0.270. The number of thioether (sulfide) groups is 1. The number of amides is 3. The molecule has 4 rings (SSSR count). The standard InChI is InChI=1S/C21H18N2O6S/c1-28-20(26)15-3-2-8-23(15)18(24)7-5-13-11-29-16-6-4-12(9-14(13)16)10-17-19(25)22-21(27)30-17/h4-7,9-11,15H,2-3,8H2,1H3,(H,22,25,27)/t15-/m0/s1. The molecular weight excluding hydrogens is 408 g/mol. The smallest absolute Gasteiger partial charge is 0.328 e. The van der Waals surface area contributed by atoms with Crippen molar-refractivity contribution in [3.05, 3.63) is 46.6 Å². The van der Waals surface area contributed by atoms with E-state index in [-0.39, 0.29) is 5.91 Å². The maximum Gasteiger partial charge on any atom is 0.328 e. The number of nitrogens with one attached hydrogen (secondary N) is 1. The van der Waals surface area contributed by atoms with Crippen molar-refractivity contribution < 1.29 is 28.3 Å². The number of hydrogen-bond donors (Lipinski definition) is 1. The Hall–Kier alpha value is -3.33. The maximum absolute atomic E-state index is 12.6. The zero-order valence-electron chi connectivity index (χ0n) is 16.0. The van der Waals surface area contributed by atoms with E-state index in [1.807, 2.05) is 6.07 Å². The number of fused-ring (bicyclic) bond motifs is 1. The highest BCUT2D eigenvalue weighted by Gasteiger charge is 2.33. The van der Waals surface area contributed by atoms with Crippen LogP contribution in [0.3, 0.4) is 0 Å². The molecule has 1 aromatic carbocycles. The van der Waals surface area contributed by atoms with Gasteiger partial charge in [-0.25, -0.2) is 4.79 Å². The van der Waals surface area contributed by atoms with Crippen molar-refractivity contribution in [2.24, 2.45) is 0 Å². The molecule has 1 N–H and O–H groups in total. The molecule has 0 unspecified atom stereocenters. The maximum atomic E-state index is 12.6. The number of imide groups is 1. The molecule has 2 aliphatic rings. The Bertz CT molecular complexity index is 1120. The van der Waals surface area contributed by atoms with Gasteiger partial charge >= 0.3 is 5.97 Å². The highest BCUT2D eigenvalue weighted by molar-refractivity contribution is 8.18. The molecule has 9 heteroatoms. The normalized spacial score (nSPS) is 20.5. The van der Waals surface area contributed by atoms with E-state index in [1.165, 1.54) is 24.3 Å². The van der Waals surface area contributed by atoms with Crippen LogP contribution in [0.15, 0.2) is 39.9 Å². The fourth-order valence-corrected chi connectivity index (χ4v) is 4.21. The van der Waals surface area contributed by atoms with Gasteiger partial charge in [-0.1, -0.05) is 6.07 Å². The van der Waals surface area contributed by atoms with Crippen LogP contribution >= 0.6 is 11.8 Å². The third-order valence-corrected chi connectivity index (χ3v) is 5.79. The molecule has 2 fully saturated rings. The highest BCUT2D eigenvalue weighted by atomic mass is 32.2. The number of likely N-dealkylation sites (tertiary alicyclic amines) is 1. The SMILES string of the molecule is COC(=O)[C@@H]1CCCN1C(=O)C=Cc1coc2ccc(C=C3SC(=O)NC3=O)cc12. The van der Waals surface area contributed by atoms with Gasteiger partial charge in [-0.15, -0.1) is 0 Å². The van der Waals surface area contributed by atoms with E-state index in [1.54, 1.807) is 24.3 Å². The Morgan fingerprint density at radius 3 is 2.90 bits per heavy atom. The molecule has 2 saturated heterocycles. The molecule has 2 aromatic rings. The Balaban J connectivity index is 1.57. The summed E-state index contributed by atoms with van der Waals surface area (Å²) in [6.45, 7) is 0.505. The van der Waals surface area contributed by atoms with Gasteiger partial charge in [0.25, 0.3) is 11.1 Å². The van der Waals surface area contributed by atoms with Crippen LogP contribution in [0.25, 0.3) is 23.1 Å². The van der Waals surface area contributed by atoms with Crippen molar-refractivity contribution in [1.29, 1.82) is 0 Å². The molecule has 0 saturated carbocycles. The van der Waals surface area contributed by atoms with E-state index in [2.05, 4.69) is 5.32 Å². The van der Waals surface area contributed by atoms with Crippen molar-refractivity contribution in [3.63, 3.8) is 0 Å². The number of nitrogens with zero attached hydrogens (tertiary/aromatic N) is 1. The summed E-state index contributed by atoms with van der Waals surface area (Å²) in [5, 5.41) is 2.58. The number of carbonyl (C=O) groups excluding carboxylic acids is 4. The van der Waals surface area contributed by atoms with Gasteiger partial charge in [0.15, 0.2) is 0 Å². The van der Waals surface area contributed by atoms with Crippen molar-refractivity contribution in [2.45, 2.75) is 18.9 Å². The monoisotopic (exact) mass is 426 g/mol. The predicted molar refractivity (Wildman–Crippen MR) is 111 cm³/mol. The summed E-state index contributed by atoms with van der Waals surface area (Å²) in [5.41, 5.74) is 2.03. The van der Waals surface area contributed by atoms with Gasteiger partial charge in [0.1, 0.15) is 11.6 Å². The first-order valence-corrected chi connectivity index (χ1v) is 10.1. The van der Waals surface area contributed by atoms with Crippen LogP contribution in [0.1, 0.15) is 24.0 Å². The Morgan fingerprint density at radius 2 is 2.17 bits per heavy atom. The lowest BCUT2D eigenvalue weighted by molar-refractivity contribution is -0.149. The Labute approximate surface area is 175 Å². The summed E-state index contributed by atoms with van der Waals surface area (Å²) >= 11 is 0.849. The second kappa shape index (κ2) is 8.19. The molecule has 3 amide bonds. The molecule has 1 aromatic heterocycles. The molecule has 1 atom stereocenters. The van der Waals surface area contributed by atoms with E-state index >= 15 is 0 Å². The van der Waals surface area contributed by atoms with Gasteiger partial charge in [-0.05, 0) is 54.5 Å². The van der Waals surface area contributed by atoms with Gasteiger partial charge in [0, 0.05) is 23.6 Å². The quantitative estimate of drug-likeness (QED) is 0.592. The van der Waals surface area contributed by atoms with E-state index in [9.17, 15) is 19.2 Å². The molecule has 0 spiro atoms. The van der Waals surface area contributed by atoms with E-state index in [0.717, 1.165) is 29.1 Å². The summed E-state index contributed by atoms with van der Waals surface area (Å²) in [4.78, 5) is 49.3. The van der Waals surface area contributed by atoms with Gasteiger partial charge in [-0.3, -0.25) is 19.7 Å². The Morgan fingerprint density at radius 1 is 1.33 bits per heavy atom. The van der Waals surface area contributed by atoms with Crippen LogP contribution in [0.2, 0.25) is 0 Å². The van der Waals surface area contributed by atoms with E-state index in [0.29, 0.717) is 29.0 Å². The number of carbonyl (C=O) groups is 4. The summed E-state index contributed by atoms with van der Waals surface area (Å²) in [6.07, 6.45) is 7.55. The van der Waals surface area contributed by atoms with Crippen LogP contribution in [0, 0.1) is 0 Å². The summed E-state index contributed by atoms with van der Waals surface area (Å²) in [6, 6.07) is 4.80. The molecule has 0 radical (unpaired) electrons. The van der Waals surface area contributed by atoms with Crippen LogP contribution < -0.4 is 5.32 Å². The fraction of sp³-hybridized carbons (Fsp3) is 0.238. The lowest BCUT2D eigenvalue weighted by Crippen LogP contribution is -2.40. The van der Waals surface area contributed by atoms with Crippen LogP contribution in [-0.2, 0) is 19.1 Å². The highest BCUT2D eigenvalue weighted by Crippen LogP contribution is 2.29. The van der Waals surface area contributed by atoms with Gasteiger partial charge < -0.3 is 14.1 Å². The fourth-order valence-electron chi connectivity index (χ4n) is 3.53. The predicted octanol–water partition coefficient (Wildman–Crippen LogP) is 2.93. The topological polar surface area (TPSA) is 106 Å². The Kier molecular flexibility index (Phi) is 5.45. The first-order valence-electron chi connectivity index (χ1n) is 9.29. The largest absolute Gasteiger partial charge is 0.467 e. The first-order chi connectivity index (χ1) is 14.5.